The Morgan fingerprint density at radius 2 is 1.82 bits per heavy atom. The number of halogens is 3. The fraction of sp³-hybridized carbons (Fsp3) is 0.476. The van der Waals surface area contributed by atoms with E-state index >= 15 is 0 Å². The van der Waals surface area contributed by atoms with Gasteiger partial charge in [0.1, 0.15) is 11.4 Å². The van der Waals surface area contributed by atoms with Crippen LogP contribution in [0.5, 0.6) is 5.75 Å². The highest BCUT2D eigenvalue weighted by Crippen LogP contribution is 2.43. The van der Waals surface area contributed by atoms with Gasteiger partial charge in [-0.25, -0.2) is 5.01 Å². The molecule has 1 saturated heterocycles. The zero-order valence-corrected chi connectivity index (χ0v) is 16.6. The number of hydrazine groups is 1. The Balaban J connectivity index is 2.07. The molecule has 0 bridgehead atoms. The smallest absolute Gasteiger partial charge is 0.409 e. The number of nitrogens with zero attached hydrogens (tertiary/aromatic N) is 1. The molecule has 7 heteroatoms. The van der Waals surface area contributed by atoms with E-state index in [2.05, 4.69) is 5.43 Å². The number of benzene rings is 2. The van der Waals surface area contributed by atoms with Crippen LogP contribution in [0.25, 0.3) is 10.8 Å². The molecule has 2 aromatic rings. The first-order valence-electron chi connectivity index (χ1n) is 9.14. The number of ether oxygens (including phenoxy) is 1. The monoisotopic (exact) mass is 394 g/mol. The maximum absolute atomic E-state index is 14.0. The highest BCUT2D eigenvalue weighted by molar-refractivity contribution is 5.88. The summed E-state index contributed by atoms with van der Waals surface area (Å²) in [6.07, 6.45) is -4.55. The summed E-state index contributed by atoms with van der Waals surface area (Å²) in [6, 6.07) is 7.95. The van der Waals surface area contributed by atoms with E-state index in [0.29, 0.717) is 16.5 Å². The molecule has 1 aliphatic heterocycles. The molecule has 0 saturated carbocycles. The molecule has 2 aromatic carbocycles. The standard InChI is InChI=1S/C21H25F3N2O2/c1-19(2,3)28-14-9-10-15-13(11-14)7-6-8-16(15)17(21(22,23)24)26-12-20(4,5)18(27)25-26/h6-11,17H,12H2,1-5H3,(H,25,27). The molecule has 3 rings (SSSR count). The highest BCUT2D eigenvalue weighted by Gasteiger charge is 2.51. The third-order valence-electron chi connectivity index (χ3n) is 4.65. The van der Waals surface area contributed by atoms with Crippen LogP contribution in [-0.4, -0.2) is 29.2 Å². The maximum Gasteiger partial charge on any atom is 0.409 e. The van der Waals surface area contributed by atoms with Crippen LogP contribution in [0.15, 0.2) is 36.4 Å². The van der Waals surface area contributed by atoms with Gasteiger partial charge in [-0.05, 0) is 63.1 Å². The van der Waals surface area contributed by atoms with E-state index in [-0.39, 0.29) is 12.1 Å². The van der Waals surface area contributed by atoms with Gasteiger partial charge in [-0.1, -0.05) is 24.3 Å². The quantitative estimate of drug-likeness (QED) is 0.797. The lowest BCUT2D eigenvalue weighted by Crippen LogP contribution is -2.43. The predicted molar refractivity (Wildman–Crippen MR) is 102 cm³/mol. The minimum atomic E-state index is -4.55. The summed E-state index contributed by atoms with van der Waals surface area (Å²) in [5.74, 6) is 0.180. The van der Waals surface area contributed by atoms with Crippen LogP contribution in [0.3, 0.4) is 0 Å². The Morgan fingerprint density at radius 3 is 2.36 bits per heavy atom. The van der Waals surface area contributed by atoms with Gasteiger partial charge in [0.2, 0.25) is 5.91 Å². The Labute approximate surface area is 162 Å². The minimum absolute atomic E-state index is 0.0301. The normalized spacial score (nSPS) is 18.9. The molecular formula is C21H25F3N2O2. The topological polar surface area (TPSA) is 41.6 Å². The first-order chi connectivity index (χ1) is 12.8. The van der Waals surface area contributed by atoms with E-state index in [1.807, 2.05) is 20.8 Å². The van der Waals surface area contributed by atoms with Crippen LogP contribution >= 0.6 is 0 Å². The molecule has 1 aliphatic rings. The average molecular weight is 394 g/mol. The Kier molecular flexibility index (Phi) is 4.86. The lowest BCUT2D eigenvalue weighted by Gasteiger charge is -2.30. The van der Waals surface area contributed by atoms with Gasteiger partial charge in [-0.2, -0.15) is 13.2 Å². The first kappa shape index (κ1) is 20.5. The van der Waals surface area contributed by atoms with Crippen LogP contribution in [-0.2, 0) is 4.79 Å². The van der Waals surface area contributed by atoms with Gasteiger partial charge in [0, 0.05) is 6.54 Å². The Bertz CT molecular complexity index is 901. The average Bonchev–Trinajstić information content (AvgIpc) is 2.77. The molecule has 0 aliphatic carbocycles. The molecule has 1 heterocycles. The molecule has 0 spiro atoms. The van der Waals surface area contributed by atoms with Crippen molar-refractivity contribution in [3.8, 4) is 5.75 Å². The fourth-order valence-electron chi connectivity index (χ4n) is 3.44. The van der Waals surface area contributed by atoms with Crippen molar-refractivity contribution >= 4 is 16.7 Å². The van der Waals surface area contributed by atoms with Crippen LogP contribution in [0.1, 0.15) is 46.2 Å². The van der Waals surface area contributed by atoms with Crippen molar-refractivity contribution in [2.75, 3.05) is 6.54 Å². The molecule has 4 nitrogen and oxygen atoms in total. The zero-order valence-electron chi connectivity index (χ0n) is 16.6. The van der Waals surface area contributed by atoms with Crippen LogP contribution in [0.2, 0.25) is 0 Å². The van der Waals surface area contributed by atoms with E-state index in [1.165, 1.54) is 6.07 Å². The predicted octanol–water partition coefficient (Wildman–Crippen LogP) is 4.99. The van der Waals surface area contributed by atoms with Gasteiger partial charge in [0.05, 0.1) is 5.41 Å². The number of hydrogen-bond acceptors (Lipinski definition) is 3. The summed E-state index contributed by atoms with van der Waals surface area (Å²) < 4.78 is 48.0. The molecule has 28 heavy (non-hydrogen) atoms. The number of alkyl halides is 3. The number of hydrogen-bond donors (Lipinski definition) is 1. The van der Waals surface area contributed by atoms with Gasteiger partial charge in [-0.3, -0.25) is 10.2 Å². The lowest BCUT2D eigenvalue weighted by atomic mass is 9.93. The van der Waals surface area contributed by atoms with E-state index in [4.69, 9.17) is 4.74 Å². The van der Waals surface area contributed by atoms with Gasteiger partial charge in [-0.15, -0.1) is 0 Å². The maximum atomic E-state index is 14.0. The van der Waals surface area contributed by atoms with Gasteiger partial charge in [0.25, 0.3) is 0 Å². The summed E-state index contributed by atoms with van der Waals surface area (Å²) in [6.45, 7) is 8.96. The molecule has 1 amide bonds. The van der Waals surface area contributed by atoms with Crippen molar-refractivity contribution in [2.45, 2.75) is 52.4 Å². The zero-order chi connectivity index (χ0) is 20.9. The molecule has 1 fully saturated rings. The lowest BCUT2D eigenvalue weighted by molar-refractivity contribution is -0.191. The third-order valence-corrected chi connectivity index (χ3v) is 4.65. The summed E-state index contributed by atoms with van der Waals surface area (Å²) >= 11 is 0. The van der Waals surface area contributed by atoms with E-state index in [0.717, 1.165) is 5.01 Å². The molecule has 1 N–H and O–H groups in total. The summed E-state index contributed by atoms with van der Waals surface area (Å²) in [5, 5.41) is 2.12. The molecule has 1 atom stereocenters. The van der Waals surface area contributed by atoms with Crippen molar-refractivity contribution in [3.63, 3.8) is 0 Å². The second kappa shape index (κ2) is 6.65. The number of carbonyl (C=O) groups is 1. The molecule has 0 radical (unpaired) electrons. The Hall–Kier alpha value is -2.28. The molecule has 0 aromatic heterocycles. The second-order valence-electron chi connectivity index (χ2n) is 8.84. The largest absolute Gasteiger partial charge is 0.488 e. The fourth-order valence-corrected chi connectivity index (χ4v) is 3.44. The van der Waals surface area contributed by atoms with Crippen molar-refractivity contribution in [1.29, 1.82) is 0 Å². The van der Waals surface area contributed by atoms with E-state index in [9.17, 15) is 18.0 Å². The summed E-state index contributed by atoms with van der Waals surface area (Å²) in [5.41, 5.74) is 1.21. The van der Waals surface area contributed by atoms with Gasteiger partial charge in [0.15, 0.2) is 6.04 Å². The first-order valence-corrected chi connectivity index (χ1v) is 9.14. The van der Waals surface area contributed by atoms with Crippen LogP contribution in [0.4, 0.5) is 13.2 Å². The van der Waals surface area contributed by atoms with Crippen molar-refractivity contribution in [3.05, 3.63) is 42.0 Å². The molecule has 152 valence electrons. The molecular weight excluding hydrogens is 369 g/mol. The number of amides is 1. The number of fused-ring (bicyclic) bond motifs is 1. The van der Waals surface area contributed by atoms with Gasteiger partial charge >= 0.3 is 6.18 Å². The number of carbonyl (C=O) groups excluding carboxylic acids is 1. The Morgan fingerprint density at radius 1 is 1.14 bits per heavy atom. The van der Waals surface area contributed by atoms with Crippen molar-refractivity contribution in [1.82, 2.24) is 10.4 Å². The second-order valence-corrected chi connectivity index (χ2v) is 8.84. The van der Waals surface area contributed by atoms with E-state index < -0.39 is 29.1 Å². The van der Waals surface area contributed by atoms with E-state index in [1.54, 1.807) is 44.2 Å². The van der Waals surface area contributed by atoms with Crippen LogP contribution < -0.4 is 10.2 Å². The molecule has 1 unspecified atom stereocenters. The minimum Gasteiger partial charge on any atom is -0.488 e. The number of nitrogens with one attached hydrogen (secondary N) is 1. The van der Waals surface area contributed by atoms with Crippen LogP contribution in [0, 0.1) is 5.41 Å². The van der Waals surface area contributed by atoms with Crippen molar-refractivity contribution in [2.24, 2.45) is 5.41 Å². The van der Waals surface area contributed by atoms with Gasteiger partial charge < -0.3 is 4.74 Å². The SMILES string of the molecule is CC(C)(C)Oc1ccc2c(C(N3CC(C)(C)C(=O)N3)C(F)(F)F)cccc2c1. The highest BCUT2D eigenvalue weighted by atomic mass is 19.4. The number of rotatable bonds is 3. The third kappa shape index (κ3) is 4.09. The summed E-state index contributed by atoms with van der Waals surface area (Å²) in [7, 11) is 0. The van der Waals surface area contributed by atoms with Crippen molar-refractivity contribution < 1.29 is 22.7 Å². The summed E-state index contributed by atoms with van der Waals surface area (Å²) in [4.78, 5) is 12.1.